The van der Waals surface area contributed by atoms with Gasteiger partial charge in [0.05, 0.1) is 15.4 Å². The van der Waals surface area contributed by atoms with Crippen LogP contribution in [0.4, 0.5) is 11.4 Å². The van der Waals surface area contributed by atoms with Crippen molar-refractivity contribution in [1.82, 2.24) is 0 Å². The summed E-state index contributed by atoms with van der Waals surface area (Å²) in [5.41, 5.74) is 0.240. The number of nitro groups is 2. The maximum atomic E-state index is 11.9. The quantitative estimate of drug-likeness (QED) is 0.362. The smallest absolute Gasteiger partial charge is 0.368 e. The average Bonchev–Trinajstić information content (AvgIpc) is 3.01. The molecule has 0 saturated carbocycles. The van der Waals surface area contributed by atoms with Gasteiger partial charge in [0.25, 0.3) is 5.69 Å². The van der Waals surface area contributed by atoms with Crippen molar-refractivity contribution in [1.29, 1.82) is 0 Å². The van der Waals surface area contributed by atoms with Gasteiger partial charge < -0.3 is 9.94 Å². The highest BCUT2D eigenvalue weighted by molar-refractivity contribution is 6.30. The summed E-state index contributed by atoms with van der Waals surface area (Å²) in [6.45, 7) is 0. The molecule has 1 N–H and O–H groups in total. The Morgan fingerprint density at radius 1 is 1.00 bits per heavy atom. The van der Waals surface area contributed by atoms with Crippen LogP contribution < -0.4 is 0 Å². The fourth-order valence-corrected chi connectivity index (χ4v) is 2.40. The molecule has 0 fully saturated rings. The number of carbonyl (C=O) groups excluding carboxylic acids is 1. The predicted octanol–water partition coefficient (Wildman–Crippen LogP) is 3.22. The van der Waals surface area contributed by atoms with Gasteiger partial charge in [-0.05, 0) is 29.8 Å². The molecule has 28 heavy (non-hydrogen) atoms. The topological polar surface area (TPSA) is 145 Å². The zero-order valence-electron chi connectivity index (χ0n) is 14.0. The lowest BCUT2D eigenvalue weighted by Crippen LogP contribution is -2.03. The minimum Gasteiger partial charge on any atom is -0.502 e. The molecule has 0 spiro atoms. The van der Waals surface area contributed by atoms with Gasteiger partial charge in [0.15, 0.2) is 0 Å². The van der Waals surface area contributed by atoms with E-state index in [0.717, 1.165) is 6.07 Å². The van der Waals surface area contributed by atoms with Crippen molar-refractivity contribution in [2.45, 2.75) is 0 Å². The molecule has 0 saturated heterocycles. The zero-order chi connectivity index (χ0) is 20.3. The number of hydrogen-bond donors (Lipinski definition) is 1. The summed E-state index contributed by atoms with van der Waals surface area (Å²) in [6, 6.07) is 9.59. The first-order chi connectivity index (χ1) is 13.4. The molecule has 140 valence electrons. The number of non-ortho nitro benzene ring substituents is 1. The van der Waals surface area contributed by atoms with E-state index in [0.29, 0.717) is 5.56 Å². The van der Waals surface area contributed by atoms with Crippen molar-refractivity contribution in [2.24, 2.45) is 5.16 Å². The number of benzene rings is 2. The second-order valence-electron chi connectivity index (χ2n) is 5.57. The first-order valence-electron chi connectivity index (χ1n) is 7.77. The van der Waals surface area contributed by atoms with Crippen molar-refractivity contribution < 1.29 is 24.6 Å². The Morgan fingerprint density at radius 3 is 2.36 bits per heavy atom. The molecule has 0 radical (unpaired) electrons. The third kappa shape index (κ3) is 3.75. The lowest BCUT2D eigenvalue weighted by molar-refractivity contribution is -0.385. The highest BCUT2D eigenvalue weighted by Crippen LogP contribution is 2.31. The zero-order valence-corrected chi connectivity index (χ0v) is 14.0. The third-order valence-corrected chi connectivity index (χ3v) is 3.80. The first kappa shape index (κ1) is 18.5. The van der Waals surface area contributed by atoms with Crippen LogP contribution >= 0.6 is 0 Å². The maximum Gasteiger partial charge on any atom is 0.368 e. The molecule has 2 aromatic rings. The molecule has 0 unspecified atom stereocenters. The van der Waals surface area contributed by atoms with Crippen molar-refractivity contribution >= 4 is 35.2 Å². The summed E-state index contributed by atoms with van der Waals surface area (Å²) in [5.74, 6) is -1.37. The van der Waals surface area contributed by atoms with Gasteiger partial charge in [0.1, 0.15) is 5.71 Å². The third-order valence-electron chi connectivity index (χ3n) is 3.80. The second kappa shape index (κ2) is 7.50. The number of phenols is 1. The molecule has 1 aliphatic heterocycles. The van der Waals surface area contributed by atoms with E-state index in [4.69, 9.17) is 0 Å². The molecule has 10 nitrogen and oxygen atoms in total. The lowest BCUT2D eigenvalue weighted by atomic mass is 10.0. The van der Waals surface area contributed by atoms with E-state index >= 15 is 0 Å². The highest BCUT2D eigenvalue weighted by atomic mass is 16.7. The number of oxime groups is 1. The van der Waals surface area contributed by atoms with E-state index in [-0.39, 0.29) is 22.5 Å². The van der Waals surface area contributed by atoms with Gasteiger partial charge in [-0.1, -0.05) is 23.4 Å². The van der Waals surface area contributed by atoms with Gasteiger partial charge >= 0.3 is 11.7 Å². The SMILES string of the molecule is O=C1ON=C(C=Cc2ccc([N+](=O)[O-])cc2)C1=Cc1cccc([N+](=O)[O-])c1O. The van der Waals surface area contributed by atoms with Crippen LogP contribution in [0.1, 0.15) is 11.1 Å². The molecule has 10 heteroatoms. The Labute approximate surface area is 157 Å². The normalized spacial score (nSPS) is 14.9. The van der Waals surface area contributed by atoms with E-state index in [1.54, 1.807) is 6.08 Å². The van der Waals surface area contributed by atoms with Crippen molar-refractivity contribution in [3.8, 4) is 5.75 Å². The number of carbonyl (C=O) groups is 1. The van der Waals surface area contributed by atoms with Crippen molar-refractivity contribution in [2.75, 3.05) is 0 Å². The molecule has 0 bridgehead atoms. The van der Waals surface area contributed by atoms with E-state index in [1.165, 1.54) is 48.6 Å². The number of para-hydroxylation sites is 1. The molecule has 1 heterocycles. The Kier molecular flexibility index (Phi) is 4.94. The summed E-state index contributed by atoms with van der Waals surface area (Å²) in [6.07, 6.45) is 4.24. The van der Waals surface area contributed by atoms with Gasteiger partial charge in [0, 0.05) is 23.8 Å². The van der Waals surface area contributed by atoms with Gasteiger partial charge in [0.2, 0.25) is 5.75 Å². The Balaban J connectivity index is 1.89. The van der Waals surface area contributed by atoms with E-state index in [9.17, 15) is 30.1 Å². The molecular weight excluding hydrogens is 370 g/mol. The number of nitrogens with zero attached hydrogens (tertiary/aromatic N) is 3. The van der Waals surface area contributed by atoms with Crippen LogP contribution in [-0.2, 0) is 9.63 Å². The maximum absolute atomic E-state index is 11.9. The molecule has 1 aliphatic rings. The first-order valence-corrected chi connectivity index (χ1v) is 7.77. The minimum absolute atomic E-state index is 0.00559. The molecular formula is C18H11N3O7. The fourth-order valence-electron chi connectivity index (χ4n) is 2.40. The summed E-state index contributed by atoms with van der Waals surface area (Å²) in [5, 5.41) is 35.2. The van der Waals surface area contributed by atoms with Crippen molar-refractivity contribution in [3.63, 3.8) is 0 Å². The minimum atomic E-state index is -0.783. The largest absolute Gasteiger partial charge is 0.502 e. The number of phenolic OH excluding ortho intramolecular Hbond substituents is 1. The predicted molar refractivity (Wildman–Crippen MR) is 98.4 cm³/mol. The van der Waals surface area contributed by atoms with Crippen LogP contribution in [-0.4, -0.2) is 26.6 Å². The second-order valence-corrected chi connectivity index (χ2v) is 5.57. The number of nitro benzene ring substituents is 2. The van der Waals surface area contributed by atoms with Crippen LogP contribution in [0.2, 0.25) is 0 Å². The van der Waals surface area contributed by atoms with Gasteiger partial charge in [-0.2, -0.15) is 0 Å². The van der Waals surface area contributed by atoms with Gasteiger partial charge in [-0.25, -0.2) is 4.79 Å². The molecule has 0 atom stereocenters. The Hall–Kier alpha value is -4.34. The van der Waals surface area contributed by atoms with Crippen LogP contribution in [0.3, 0.4) is 0 Å². The van der Waals surface area contributed by atoms with Crippen molar-refractivity contribution in [3.05, 3.63) is 85.5 Å². The van der Waals surface area contributed by atoms with E-state index in [2.05, 4.69) is 9.99 Å². The summed E-state index contributed by atoms with van der Waals surface area (Å²) in [7, 11) is 0. The Morgan fingerprint density at radius 2 is 1.71 bits per heavy atom. The summed E-state index contributed by atoms with van der Waals surface area (Å²) >= 11 is 0. The molecule has 0 aliphatic carbocycles. The average molecular weight is 381 g/mol. The summed E-state index contributed by atoms with van der Waals surface area (Å²) < 4.78 is 0. The van der Waals surface area contributed by atoms with E-state index in [1.807, 2.05) is 0 Å². The molecule has 2 aromatic carbocycles. The van der Waals surface area contributed by atoms with E-state index < -0.39 is 27.3 Å². The highest BCUT2D eigenvalue weighted by Gasteiger charge is 2.25. The van der Waals surface area contributed by atoms with Crippen LogP contribution in [0.25, 0.3) is 12.2 Å². The number of hydrogen-bond acceptors (Lipinski definition) is 8. The number of allylic oxidation sites excluding steroid dienone is 1. The summed E-state index contributed by atoms with van der Waals surface area (Å²) in [4.78, 5) is 36.9. The van der Waals surface area contributed by atoms with Gasteiger partial charge in [-0.15, -0.1) is 0 Å². The lowest BCUT2D eigenvalue weighted by Gasteiger charge is -2.01. The number of rotatable bonds is 5. The van der Waals surface area contributed by atoms with Gasteiger partial charge in [-0.3, -0.25) is 20.2 Å². The van der Waals surface area contributed by atoms with Crippen LogP contribution in [0.5, 0.6) is 5.75 Å². The molecule has 3 rings (SSSR count). The standard InChI is InChI=1S/C18H11N3O7/c22-17-12(2-1-3-16(17)21(26)27)10-14-15(19-28-18(14)23)9-6-11-4-7-13(8-5-11)20(24)25/h1-10,22H. The fraction of sp³-hybridized carbons (Fsp3) is 0. The Bertz CT molecular complexity index is 1070. The monoisotopic (exact) mass is 381 g/mol. The number of aromatic hydroxyl groups is 1. The van der Waals surface area contributed by atoms with Crippen LogP contribution in [0.15, 0.2) is 59.3 Å². The molecule has 0 aromatic heterocycles. The molecule has 0 amide bonds. The van der Waals surface area contributed by atoms with Crippen LogP contribution in [0, 0.1) is 20.2 Å².